The SMILES string of the molecule is CC1CCCC(C)N1C(=O)c1cc(N)ncc1[N+](=O)[O-]. The Morgan fingerprint density at radius 2 is 2.05 bits per heavy atom. The molecule has 0 aliphatic carbocycles. The topological polar surface area (TPSA) is 102 Å². The van der Waals surface area contributed by atoms with Gasteiger partial charge in [-0.1, -0.05) is 0 Å². The van der Waals surface area contributed by atoms with Crippen molar-refractivity contribution in [3.05, 3.63) is 27.9 Å². The van der Waals surface area contributed by atoms with Crippen LogP contribution in [0.1, 0.15) is 43.5 Å². The lowest BCUT2D eigenvalue weighted by atomic mass is 9.96. The summed E-state index contributed by atoms with van der Waals surface area (Å²) < 4.78 is 0. The minimum Gasteiger partial charge on any atom is -0.384 e. The number of piperidine rings is 1. The van der Waals surface area contributed by atoms with Crippen LogP contribution in [0.4, 0.5) is 11.5 Å². The Bertz CT molecular complexity index is 536. The quantitative estimate of drug-likeness (QED) is 0.658. The molecule has 0 bridgehead atoms. The molecule has 1 aliphatic rings. The average molecular weight is 278 g/mol. The summed E-state index contributed by atoms with van der Waals surface area (Å²) in [6.07, 6.45) is 3.92. The van der Waals surface area contributed by atoms with Crippen LogP contribution in [0.15, 0.2) is 12.3 Å². The zero-order chi connectivity index (χ0) is 14.9. The normalized spacial score (nSPS) is 22.6. The third-order valence-electron chi connectivity index (χ3n) is 3.76. The summed E-state index contributed by atoms with van der Waals surface area (Å²) >= 11 is 0. The van der Waals surface area contributed by atoms with Crippen molar-refractivity contribution in [1.29, 1.82) is 0 Å². The van der Waals surface area contributed by atoms with Gasteiger partial charge in [-0.3, -0.25) is 14.9 Å². The van der Waals surface area contributed by atoms with Crippen LogP contribution in [0.25, 0.3) is 0 Å². The molecule has 0 spiro atoms. The van der Waals surface area contributed by atoms with Crippen molar-refractivity contribution < 1.29 is 9.72 Å². The van der Waals surface area contributed by atoms with Gasteiger partial charge in [0.1, 0.15) is 17.6 Å². The highest BCUT2D eigenvalue weighted by Gasteiger charge is 2.33. The maximum atomic E-state index is 12.6. The number of nitrogen functional groups attached to an aromatic ring is 1. The highest BCUT2D eigenvalue weighted by Crippen LogP contribution is 2.28. The molecule has 108 valence electrons. The molecule has 2 atom stereocenters. The van der Waals surface area contributed by atoms with E-state index in [1.807, 2.05) is 13.8 Å². The fourth-order valence-electron chi connectivity index (χ4n) is 2.74. The molecule has 2 heterocycles. The predicted octanol–water partition coefficient (Wildman–Crippen LogP) is 1.98. The Morgan fingerprint density at radius 1 is 1.45 bits per heavy atom. The molecular formula is C13H18N4O3. The molecule has 2 N–H and O–H groups in total. The van der Waals surface area contributed by atoms with Crippen LogP contribution >= 0.6 is 0 Å². The molecule has 20 heavy (non-hydrogen) atoms. The summed E-state index contributed by atoms with van der Waals surface area (Å²) in [7, 11) is 0. The number of carbonyl (C=O) groups is 1. The molecule has 2 unspecified atom stereocenters. The first-order valence-corrected chi connectivity index (χ1v) is 6.64. The first-order chi connectivity index (χ1) is 9.41. The highest BCUT2D eigenvalue weighted by atomic mass is 16.6. The molecule has 1 aromatic heterocycles. The lowest BCUT2D eigenvalue weighted by molar-refractivity contribution is -0.385. The first-order valence-electron chi connectivity index (χ1n) is 6.64. The number of rotatable bonds is 2. The summed E-state index contributed by atoms with van der Waals surface area (Å²) in [4.78, 5) is 28.5. The van der Waals surface area contributed by atoms with Crippen LogP contribution < -0.4 is 5.73 Å². The fraction of sp³-hybridized carbons (Fsp3) is 0.538. The third kappa shape index (κ3) is 2.56. The Balaban J connectivity index is 2.42. The molecular weight excluding hydrogens is 260 g/mol. The molecule has 0 saturated carbocycles. The van der Waals surface area contributed by atoms with E-state index in [4.69, 9.17) is 5.73 Å². The van der Waals surface area contributed by atoms with Crippen molar-refractivity contribution in [2.24, 2.45) is 0 Å². The number of aromatic nitrogens is 1. The van der Waals surface area contributed by atoms with Crippen LogP contribution in [0.5, 0.6) is 0 Å². The number of hydrogen-bond acceptors (Lipinski definition) is 5. The van der Waals surface area contributed by atoms with Crippen molar-refractivity contribution >= 4 is 17.4 Å². The number of amides is 1. The van der Waals surface area contributed by atoms with Crippen molar-refractivity contribution in [2.45, 2.75) is 45.2 Å². The zero-order valence-electron chi connectivity index (χ0n) is 11.6. The average Bonchev–Trinajstić information content (AvgIpc) is 2.37. The van der Waals surface area contributed by atoms with E-state index < -0.39 is 4.92 Å². The molecule has 1 saturated heterocycles. The molecule has 7 nitrogen and oxygen atoms in total. The van der Waals surface area contributed by atoms with E-state index in [-0.39, 0.29) is 35.1 Å². The maximum Gasteiger partial charge on any atom is 0.300 e. The second kappa shape index (κ2) is 5.44. The van der Waals surface area contributed by atoms with Crippen molar-refractivity contribution in [3.8, 4) is 0 Å². The lowest BCUT2D eigenvalue weighted by Crippen LogP contribution is -2.47. The van der Waals surface area contributed by atoms with Crippen molar-refractivity contribution in [1.82, 2.24) is 9.88 Å². The van der Waals surface area contributed by atoms with Gasteiger partial charge in [-0.25, -0.2) is 4.98 Å². The number of nitrogens with zero attached hydrogens (tertiary/aromatic N) is 3. The standard InChI is InChI=1S/C13H18N4O3/c1-8-4-3-5-9(2)16(8)13(18)10-6-12(14)15-7-11(10)17(19)20/h6-9H,3-5H2,1-2H3,(H2,14,15). The van der Waals surface area contributed by atoms with Gasteiger partial charge in [0.05, 0.1) is 4.92 Å². The monoisotopic (exact) mass is 278 g/mol. The van der Waals surface area contributed by atoms with E-state index in [1.54, 1.807) is 4.90 Å². The number of likely N-dealkylation sites (tertiary alicyclic amines) is 1. The first kappa shape index (κ1) is 14.2. The number of anilines is 1. The Morgan fingerprint density at radius 3 is 2.60 bits per heavy atom. The molecule has 1 amide bonds. The second-order valence-electron chi connectivity index (χ2n) is 5.22. The molecule has 0 radical (unpaired) electrons. The second-order valence-corrected chi connectivity index (χ2v) is 5.22. The van der Waals surface area contributed by atoms with E-state index in [0.717, 1.165) is 25.5 Å². The summed E-state index contributed by atoms with van der Waals surface area (Å²) in [5, 5.41) is 11.0. The number of pyridine rings is 1. The predicted molar refractivity (Wildman–Crippen MR) is 74.2 cm³/mol. The number of nitro groups is 1. The fourth-order valence-corrected chi connectivity index (χ4v) is 2.74. The van der Waals surface area contributed by atoms with E-state index in [2.05, 4.69) is 4.98 Å². The van der Waals surface area contributed by atoms with Crippen molar-refractivity contribution in [2.75, 3.05) is 5.73 Å². The van der Waals surface area contributed by atoms with Crippen LogP contribution in [0, 0.1) is 10.1 Å². The lowest BCUT2D eigenvalue weighted by Gasteiger charge is -2.39. The number of carbonyl (C=O) groups excluding carboxylic acids is 1. The van der Waals surface area contributed by atoms with E-state index in [0.29, 0.717) is 0 Å². The summed E-state index contributed by atoms with van der Waals surface area (Å²) in [5.74, 6) is -0.234. The minimum atomic E-state index is -0.598. The van der Waals surface area contributed by atoms with E-state index in [9.17, 15) is 14.9 Å². The minimum absolute atomic E-state index is 0.0168. The Kier molecular flexibility index (Phi) is 3.87. The summed E-state index contributed by atoms with van der Waals surface area (Å²) in [6.45, 7) is 3.92. The van der Waals surface area contributed by atoms with E-state index in [1.165, 1.54) is 6.07 Å². The van der Waals surface area contributed by atoms with Gasteiger partial charge >= 0.3 is 0 Å². The maximum absolute atomic E-state index is 12.6. The zero-order valence-corrected chi connectivity index (χ0v) is 11.6. The molecule has 1 aromatic rings. The third-order valence-corrected chi connectivity index (χ3v) is 3.76. The van der Waals surface area contributed by atoms with Crippen molar-refractivity contribution in [3.63, 3.8) is 0 Å². The molecule has 7 heteroatoms. The number of nitrogens with two attached hydrogens (primary N) is 1. The Hall–Kier alpha value is -2.18. The highest BCUT2D eigenvalue weighted by molar-refractivity contribution is 5.99. The van der Waals surface area contributed by atoms with Gasteiger partial charge in [-0.15, -0.1) is 0 Å². The smallest absolute Gasteiger partial charge is 0.300 e. The number of hydrogen-bond donors (Lipinski definition) is 1. The van der Waals surface area contributed by atoms with Crippen LogP contribution in [0.3, 0.4) is 0 Å². The van der Waals surface area contributed by atoms with Crippen LogP contribution in [0.2, 0.25) is 0 Å². The van der Waals surface area contributed by atoms with Crippen LogP contribution in [-0.4, -0.2) is 32.8 Å². The van der Waals surface area contributed by atoms with Gasteiger partial charge in [0, 0.05) is 12.1 Å². The summed E-state index contributed by atoms with van der Waals surface area (Å²) in [6, 6.07) is 1.43. The van der Waals surface area contributed by atoms with Gasteiger partial charge in [0.2, 0.25) is 0 Å². The van der Waals surface area contributed by atoms with Gasteiger partial charge in [0.25, 0.3) is 11.6 Å². The van der Waals surface area contributed by atoms with E-state index >= 15 is 0 Å². The van der Waals surface area contributed by atoms with Gasteiger partial charge < -0.3 is 10.6 Å². The summed E-state index contributed by atoms with van der Waals surface area (Å²) in [5.41, 5.74) is 5.28. The molecule has 1 aliphatic heterocycles. The van der Waals surface area contributed by atoms with Gasteiger partial charge in [-0.05, 0) is 39.2 Å². The van der Waals surface area contributed by atoms with Gasteiger partial charge in [0.15, 0.2) is 0 Å². The largest absolute Gasteiger partial charge is 0.384 e. The Labute approximate surface area is 116 Å². The van der Waals surface area contributed by atoms with Gasteiger partial charge in [-0.2, -0.15) is 0 Å². The molecule has 1 fully saturated rings. The van der Waals surface area contributed by atoms with Crippen LogP contribution in [-0.2, 0) is 0 Å². The molecule has 0 aromatic carbocycles. The molecule has 2 rings (SSSR count).